The molecule has 0 aromatic heterocycles. The van der Waals surface area contributed by atoms with Gasteiger partial charge in [0.1, 0.15) is 12.1 Å². The number of nitrogens with one attached hydrogen (secondary N) is 3. The summed E-state index contributed by atoms with van der Waals surface area (Å²) in [6.07, 6.45) is 3.37. The van der Waals surface area contributed by atoms with Gasteiger partial charge in [0.05, 0.1) is 13.0 Å². The molecular weight excluding hydrogens is 528 g/mol. The van der Waals surface area contributed by atoms with E-state index in [4.69, 9.17) is 0 Å². The molecule has 3 rings (SSSR count). The van der Waals surface area contributed by atoms with Gasteiger partial charge < -0.3 is 31.1 Å². The zero-order valence-electron chi connectivity index (χ0n) is 23.4. The molecule has 2 aromatic rings. The fourth-order valence-electron chi connectivity index (χ4n) is 5.21. The van der Waals surface area contributed by atoms with E-state index in [1.54, 1.807) is 19.1 Å². The van der Waals surface area contributed by atoms with Gasteiger partial charge in [-0.3, -0.25) is 19.2 Å². The van der Waals surface area contributed by atoms with E-state index in [1.165, 1.54) is 4.90 Å². The molecule has 11 heteroatoms. The van der Waals surface area contributed by atoms with Crippen LogP contribution in [0.15, 0.2) is 42.5 Å². The van der Waals surface area contributed by atoms with Gasteiger partial charge in [0.15, 0.2) is 0 Å². The number of fused-ring (bicyclic) bond motifs is 1. The number of nitrogens with zero attached hydrogens (tertiary/aromatic N) is 1. The van der Waals surface area contributed by atoms with E-state index in [0.717, 1.165) is 49.5 Å². The number of rotatable bonds is 15. The lowest BCUT2D eigenvalue weighted by Gasteiger charge is -2.25. The summed E-state index contributed by atoms with van der Waals surface area (Å²) in [5, 5.41) is 29.0. The third kappa shape index (κ3) is 9.86. The highest BCUT2D eigenvalue weighted by Gasteiger charge is 2.29. The number of piperidine rings is 1. The quantitative estimate of drug-likeness (QED) is 0.217. The maximum atomic E-state index is 13.0. The van der Waals surface area contributed by atoms with Gasteiger partial charge in [-0.25, -0.2) is 4.79 Å². The second kappa shape index (κ2) is 15.7. The Morgan fingerprint density at radius 2 is 1.68 bits per heavy atom. The fraction of sp³-hybridized carbons (Fsp3) is 0.500. The molecule has 2 atom stereocenters. The highest BCUT2D eigenvalue weighted by molar-refractivity contribution is 5.94. The van der Waals surface area contributed by atoms with E-state index in [2.05, 4.69) is 16.0 Å². The number of benzene rings is 2. The predicted molar refractivity (Wildman–Crippen MR) is 153 cm³/mol. The molecule has 1 saturated heterocycles. The molecule has 0 bridgehead atoms. The molecule has 41 heavy (non-hydrogen) atoms. The lowest BCUT2D eigenvalue weighted by molar-refractivity contribution is -0.144. The van der Waals surface area contributed by atoms with Crippen LogP contribution in [0, 0.1) is 5.92 Å². The van der Waals surface area contributed by atoms with Crippen LogP contribution < -0.4 is 16.0 Å². The zero-order chi connectivity index (χ0) is 29.8. The molecule has 1 heterocycles. The van der Waals surface area contributed by atoms with E-state index in [-0.39, 0.29) is 25.4 Å². The Hall–Kier alpha value is -3.99. The number of carboxylic acids is 2. The number of hydrogen-bond acceptors (Lipinski definition) is 6. The monoisotopic (exact) mass is 568 g/mol. The minimum atomic E-state index is -1.51. The summed E-state index contributed by atoms with van der Waals surface area (Å²) >= 11 is 0. The maximum absolute atomic E-state index is 13.0. The summed E-state index contributed by atoms with van der Waals surface area (Å²) in [5.41, 5.74) is 0.701. The average molecular weight is 569 g/mol. The van der Waals surface area contributed by atoms with Crippen molar-refractivity contribution in [3.05, 3.63) is 48.0 Å². The number of carboxylic acid groups (broad SMARTS) is 2. The molecule has 1 aliphatic heterocycles. The first-order valence-electron chi connectivity index (χ1n) is 14.2. The van der Waals surface area contributed by atoms with Gasteiger partial charge in [-0.2, -0.15) is 0 Å². The van der Waals surface area contributed by atoms with Crippen LogP contribution >= 0.6 is 0 Å². The van der Waals surface area contributed by atoms with Gasteiger partial charge in [-0.15, -0.1) is 0 Å². The first kappa shape index (κ1) is 31.5. The average Bonchev–Trinajstić information content (AvgIpc) is 2.95. The van der Waals surface area contributed by atoms with Crippen LogP contribution in [0.3, 0.4) is 0 Å². The molecule has 2 aromatic carbocycles. The van der Waals surface area contributed by atoms with Crippen LogP contribution in [0.1, 0.15) is 51.0 Å². The number of hydrogen-bond donors (Lipinski definition) is 5. The van der Waals surface area contributed by atoms with E-state index >= 15 is 0 Å². The molecule has 0 spiro atoms. The summed E-state index contributed by atoms with van der Waals surface area (Å²) < 4.78 is 0. The van der Waals surface area contributed by atoms with E-state index in [1.807, 2.05) is 30.3 Å². The van der Waals surface area contributed by atoms with Crippen molar-refractivity contribution in [2.45, 2.75) is 64.0 Å². The van der Waals surface area contributed by atoms with Crippen molar-refractivity contribution in [3.8, 4) is 0 Å². The Morgan fingerprint density at radius 3 is 2.37 bits per heavy atom. The number of carbonyl (C=O) groups excluding carboxylic acids is 3. The van der Waals surface area contributed by atoms with Crippen molar-refractivity contribution >= 4 is 40.4 Å². The molecular formula is C30H40N4O7. The Morgan fingerprint density at radius 1 is 0.976 bits per heavy atom. The Labute approximate surface area is 239 Å². The third-order valence-electron chi connectivity index (χ3n) is 7.48. The summed E-state index contributed by atoms with van der Waals surface area (Å²) in [6.45, 7) is 3.67. The molecule has 2 unspecified atom stereocenters. The van der Waals surface area contributed by atoms with Gasteiger partial charge in [-0.05, 0) is 68.0 Å². The number of likely N-dealkylation sites (N-methyl/N-ethyl adjacent to an activating group) is 1. The topological polar surface area (TPSA) is 165 Å². The van der Waals surface area contributed by atoms with Crippen molar-refractivity contribution in [2.75, 3.05) is 26.2 Å². The van der Waals surface area contributed by atoms with Gasteiger partial charge >= 0.3 is 11.9 Å². The lowest BCUT2D eigenvalue weighted by atomic mass is 9.92. The highest BCUT2D eigenvalue weighted by Crippen LogP contribution is 2.20. The van der Waals surface area contributed by atoms with Crippen LogP contribution in [0.25, 0.3) is 10.8 Å². The molecule has 0 radical (unpaired) electrons. The first-order valence-corrected chi connectivity index (χ1v) is 14.2. The second-order valence-corrected chi connectivity index (χ2v) is 10.5. The predicted octanol–water partition coefficient (Wildman–Crippen LogP) is 1.93. The lowest BCUT2D eigenvalue weighted by Crippen LogP contribution is -2.54. The van der Waals surface area contributed by atoms with Gasteiger partial charge in [0, 0.05) is 19.4 Å². The molecule has 0 aliphatic carbocycles. The Kier molecular flexibility index (Phi) is 12.1. The van der Waals surface area contributed by atoms with E-state index in [0.29, 0.717) is 17.9 Å². The van der Waals surface area contributed by atoms with Crippen molar-refractivity contribution in [3.63, 3.8) is 0 Å². The van der Waals surface area contributed by atoms with Crippen LogP contribution in [0.5, 0.6) is 0 Å². The molecule has 0 saturated carbocycles. The van der Waals surface area contributed by atoms with Crippen LogP contribution in [0.2, 0.25) is 0 Å². The largest absolute Gasteiger partial charge is 0.481 e. The van der Waals surface area contributed by atoms with Gasteiger partial charge in [0.25, 0.3) is 0 Å². The maximum Gasteiger partial charge on any atom is 0.326 e. The summed E-state index contributed by atoms with van der Waals surface area (Å²) in [7, 11) is 0. The number of aliphatic carboxylic acids is 2. The zero-order valence-corrected chi connectivity index (χ0v) is 23.4. The fourth-order valence-corrected chi connectivity index (χ4v) is 5.21. The second-order valence-electron chi connectivity index (χ2n) is 10.5. The minimum Gasteiger partial charge on any atom is -0.481 e. The van der Waals surface area contributed by atoms with Gasteiger partial charge in [0.2, 0.25) is 17.7 Å². The molecule has 1 fully saturated rings. The van der Waals surface area contributed by atoms with Crippen molar-refractivity contribution in [1.29, 1.82) is 0 Å². The third-order valence-corrected chi connectivity index (χ3v) is 7.48. The smallest absolute Gasteiger partial charge is 0.326 e. The van der Waals surface area contributed by atoms with E-state index < -0.39 is 42.3 Å². The van der Waals surface area contributed by atoms with Gasteiger partial charge in [-0.1, -0.05) is 42.5 Å². The van der Waals surface area contributed by atoms with Crippen molar-refractivity contribution in [1.82, 2.24) is 20.9 Å². The standard InChI is InChI=1S/C30H40N4O7/c1-2-34(27(36)12-5-7-20-13-15-31-16-14-20)19-26(35)32-24(18-28(37)38)29(39)33-25(30(40)41)17-22-10-6-9-21-8-3-4-11-23(21)22/h3-4,6,8-11,20,24-25,31H,2,5,7,12-19H2,1H3,(H,32,35)(H,33,39)(H,37,38)(H,40,41). The van der Waals surface area contributed by atoms with Crippen LogP contribution in [-0.4, -0.2) is 83.0 Å². The summed E-state index contributed by atoms with van der Waals surface area (Å²) in [5.74, 6) is -3.85. The highest BCUT2D eigenvalue weighted by atomic mass is 16.4. The number of carbonyl (C=O) groups is 5. The van der Waals surface area contributed by atoms with Crippen molar-refractivity contribution < 1.29 is 34.2 Å². The molecule has 1 aliphatic rings. The van der Waals surface area contributed by atoms with Crippen molar-refractivity contribution in [2.24, 2.45) is 5.92 Å². The van der Waals surface area contributed by atoms with Crippen LogP contribution in [-0.2, 0) is 30.4 Å². The first-order chi connectivity index (χ1) is 19.7. The SMILES string of the molecule is CCN(CC(=O)NC(CC(=O)O)C(=O)NC(Cc1cccc2ccccc12)C(=O)O)C(=O)CCCC1CCNCC1. The molecule has 5 N–H and O–H groups in total. The van der Waals surface area contributed by atoms with E-state index in [9.17, 15) is 34.2 Å². The molecule has 222 valence electrons. The normalized spacial score (nSPS) is 15.0. The number of amides is 3. The summed E-state index contributed by atoms with van der Waals surface area (Å²) in [6, 6.07) is 10.0. The van der Waals surface area contributed by atoms with Crippen LogP contribution in [0.4, 0.5) is 0 Å². The minimum absolute atomic E-state index is 0.0361. The Bertz CT molecular complexity index is 1220. The molecule has 11 nitrogen and oxygen atoms in total. The molecule has 3 amide bonds. The summed E-state index contributed by atoms with van der Waals surface area (Å²) in [4.78, 5) is 63.4. The Balaban J connectivity index is 1.59.